The topological polar surface area (TPSA) is 65.8 Å². The summed E-state index contributed by atoms with van der Waals surface area (Å²) < 4.78 is 2.00. The molecular formula is C20H24N6O. The van der Waals surface area contributed by atoms with E-state index in [2.05, 4.69) is 62.6 Å². The maximum Gasteiger partial charge on any atom is 0.234 e. The maximum absolute atomic E-state index is 12.3. The second kappa shape index (κ2) is 7.75. The van der Waals surface area contributed by atoms with Crippen molar-refractivity contribution in [3.63, 3.8) is 0 Å². The number of anilines is 1. The van der Waals surface area contributed by atoms with Gasteiger partial charge in [0.1, 0.15) is 12.1 Å². The Bertz CT molecular complexity index is 912. The number of carbonyl (C=O) groups excluding carboxylic acids is 1. The zero-order valence-electron chi connectivity index (χ0n) is 15.5. The van der Waals surface area contributed by atoms with Crippen LogP contribution in [0, 0.1) is 6.92 Å². The summed E-state index contributed by atoms with van der Waals surface area (Å²) in [5, 5.41) is 11.1. The standard InChI is InChI=1S/C20H24N6O/c1-16-5-7-17(8-6-16)13-21-19(27)14-24-9-11-25(12-10-24)20-4-2-3-18-23-22-15-26(18)20/h2-8,15H,9-14H2,1H3,(H,21,27). The summed E-state index contributed by atoms with van der Waals surface area (Å²) in [5.41, 5.74) is 3.20. The zero-order valence-corrected chi connectivity index (χ0v) is 15.5. The van der Waals surface area contributed by atoms with Crippen LogP contribution in [0.1, 0.15) is 11.1 Å². The van der Waals surface area contributed by atoms with Crippen LogP contribution in [0.2, 0.25) is 0 Å². The predicted molar refractivity (Wildman–Crippen MR) is 105 cm³/mol. The number of fused-ring (bicyclic) bond motifs is 1. The highest BCUT2D eigenvalue weighted by Gasteiger charge is 2.20. The second-order valence-corrected chi connectivity index (χ2v) is 6.97. The summed E-state index contributed by atoms with van der Waals surface area (Å²) in [6, 6.07) is 14.3. The number of amides is 1. The van der Waals surface area contributed by atoms with Gasteiger partial charge in [-0.25, -0.2) is 0 Å². The average Bonchev–Trinajstić information content (AvgIpc) is 3.17. The molecule has 0 atom stereocenters. The van der Waals surface area contributed by atoms with Crippen LogP contribution in [-0.4, -0.2) is 58.1 Å². The van der Waals surface area contributed by atoms with E-state index in [0.29, 0.717) is 13.1 Å². The Morgan fingerprint density at radius 1 is 1.07 bits per heavy atom. The van der Waals surface area contributed by atoms with E-state index >= 15 is 0 Å². The normalized spacial score (nSPS) is 15.2. The third-order valence-corrected chi connectivity index (χ3v) is 4.99. The van der Waals surface area contributed by atoms with Gasteiger partial charge in [-0.05, 0) is 24.6 Å². The second-order valence-electron chi connectivity index (χ2n) is 6.97. The first-order chi connectivity index (χ1) is 13.2. The van der Waals surface area contributed by atoms with Crippen LogP contribution in [0.15, 0.2) is 48.8 Å². The fraction of sp³-hybridized carbons (Fsp3) is 0.350. The molecule has 3 heterocycles. The minimum Gasteiger partial charge on any atom is -0.355 e. The molecule has 1 fully saturated rings. The lowest BCUT2D eigenvalue weighted by Gasteiger charge is -2.35. The summed E-state index contributed by atoms with van der Waals surface area (Å²) in [7, 11) is 0. The predicted octanol–water partition coefficient (Wildman–Crippen LogP) is 1.48. The summed E-state index contributed by atoms with van der Waals surface area (Å²) in [5.74, 6) is 1.17. The molecular weight excluding hydrogens is 340 g/mol. The van der Waals surface area contributed by atoms with Crippen LogP contribution in [-0.2, 0) is 11.3 Å². The first-order valence-electron chi connectivity index (χ1n) is 9.27. The number of hydrogen-bond acceptors (Lipinski definition) is 5. The lowest BCUT2D eigenvalue weighted by atomic mass is 10.1. The van der Waals surface area contributed by atoms with Crippen LogP contribution in [0.3, 0.4) is 0 Å². The van der Waals surface area contributed by atoms with Gasteiger partial charge in [-0.1, -0.05) is 35.9 Å². The van der Waals surface area contributed by atoms with E-state index in [4.69, 9.17) is 0 Å². The number of aromatic nitrogens is 3. The monoisotopic (exact) mass is 364 g/mol. The molecule has 1 saturated heterocycles. The molecule has 0 radical (unpaired) electrons. The van der Waals surface area contributed by atoms with Gasteiger partial charge in [0.2, 0.25) is 5.91 Å². The first-order valence-corrected chi connectivity index (χ1v) is 9.27. The van der Waals surface area contributed by atoms with E-state index in [9.17, 15) is 4.79 Å². The number of nitrogens with zero attached hydrogens (tertiary/aromatic N) is 5. The number of rotatable bonds is 5. The Kier molecular flexibility index (Phi) is 5.02. The molecule has 1 amide bonds. The van der Waals surface area contributed by atoms with Crippen molar-refractivity contribution < 1.29 is 4.79 Å². The average molecular weight is 364 g/mol. The van der Waals surface area contributed by atoms with Crippen molar-refractivity contribution in [3.05, 3.63) is 59.9 Å². The van der Waals surface area contributed by atoms with Crippen molar-refractivity contribution in [2.75, 3.05) is 37.6 Å². The number of piperazine rings is 1. The highest BCUT2D eigenvalue weighted by Crippen LogP contribution is 2.17. The first kappa shape index (κ1) is 17.5. The fourth-order valence-corrected chi connectivity index (χ4v) is 3.39. The van der Waals surface area contributed by atoms with E-state index < -0.39 is 0 Å². The van der Waals surface area contributed by atoms with Crippen molar-refractivity contribution in [1.29, 1.82) is 0 Å². The smallest absolute Gasteiger partial charge is 0.234 e. The highest BCUT2D eigenvalue weighted by atomic mass is 16.2. The van der Waals surface area contributed by atoms with Gasteiger partial charge in [0.05, 0.1) is 6.54 Å². The Hall–Kier alpha value is -2.93. The van der Waals surface area contributed by atoms with E-state index in [-0.39, 0.29) is 5.91 Å². The Labute approximate surface area is 158 Å². The van der Waals surface area contributed by atoms with Gasteiger partial charge in [-0.15, -0.1) is 10.2 Å². The van der Waals surface area contributed by atoms with Crippen molar-refractivity contribution in [3.8, 4) is 0 Å². The van der Waals surface area contributed by atoms with Crippen molar-refractivity contribution in [2.24, 2.45) is 0 Å². The summed E-state index contributed by atoms with van der Waals surface area (Å²) in [4.78, 5) is 16.8. The largest absolute Gasteiger partial charge is 0.355 e. The molecule has 140 valence electrons. The Balaban J connectivity index is 1.27. The van der Waals surface area contributed by atoms with Crippen LogP contribution >= 0.6 is 0 Å². The molecule has 1 aliphatic heterocycles. The van der Waals surface area contributed by atoms with E-state index in [0.717, 1.165) is 43.2 Å². The molecule has 0 spiro atoms. The molecule has 0 saturated carbocycles. The van der Waals surface area contributed by atoms with E-state index in [1.807, 2.05) is 16.5 Å². The quantitative estimate of drug-likeness (QED) is 0.743. The van der Waals surface area contributed by atoms with Gasteiger partial charge in [-0.2, -0.15) is 0 Å². The maximum atomic E-state index is 12.3. The van der Waals surface area contributed by atoms with Crippen molar-refractivity contribution in [1.82, 2.24) is 24.8 Å². The lowest BCUT2D eigenvalue weighted by molar-refractivity contribution is -0.122. The Morgan fingerprint density at radius 2 is 1.85 bits per heavy atom. The van der Waals surface area contributed by atoms with E-state index in [1.165, 1.54) is 5.56 Å². The Morgan fingerprint density at radius 3 is 2.63 bits per heavy atom. The number of carbonyl (C=O) groups is 1. The summed E-state index contributed by atoms with van der Waals surface area (Å²) >= 11 is 0. The minimum absolute atomic E-state index is 0.0740. The molecule has 1 aromatic carbocycles. The third-order valence-electron chi connectivity index (χ3n) is 4.99. The van der Waals surface area contributed by atoms with Gasteiger partial charge < -0.3 is 10.2 Å². The summed E-state index contributed by atoms with van der Waals surface area (Å²) in [6.45, 7) is 6.55. The zero-order chi connectivity index (χ0) is 18.6. The van der Waals surface area contributed by atoms with Gasteiger partial charge in [0.25, 0.3) is 0 Å². The summed E-state index contributed by atoms with van der Waals surface area (Å²) in [6.07, 6.45) is 1.75. The van der Waals surface area contributed by atoms with Crippen LogP contribution < -0.4 is 10.2 Å². The molecule has 0 aliphatic carbocycles. The van der Waals surface area contributed by atoms with Crippen LogP contribution in [0.5, 0.6) is 0 Å². The molecule has 3 aromatic rings. The molecule has 0 bridgehead atoms. The molecule has 1 N–H and O–H groups in total. The van der Waals surface area contributed by atoms with E-state index in [1.54, 1.807) is 6.33 Å². The number of hydrogen-bond donors (Lipinski definition) is 1. The number of aryl methyl sites for hydroxylation is 1. The number of pyridine rings is 1. The fourth-order valence-electron chi connectivity index (χ4n) is 3.39. The SMILES string of the molecule is Cc1ccc(CNC(=O)CN2CCN(c3cccc4nncn34)CC2)cc1. The number of benzene rings is 1. The van der Waals surface area contributed by atoms with Gasteiger partial charge in [0.15, 0.2) is 5.65 Å². The molecule has 4 rings (SSSR count). The van der Waals surface area contributed by atoms with Gasteiger partial charge in [0, 0.05) is 32.7 Å². The number of nitrogens with one attached hydrogen (secondary N) is 1. The van der Waals surface area contributed by atoms with Crippen LogP contribution in [0.4, 0.5) is 5.82 Å². The highest BCUT2D eigenvalue weighted by molar-refractivity contribution is 5.78. The molecule has 27 heavy (non-hydrogen) atoms. The van der Waals surface area contributed by atoms with Crippen LogP contribution in [0.25, 0.3) is 5.65 Å². The van der Waals surface area contributed by atoms with Gasteiger partial charge in [-0.3, -0.25) is 14.1 Å². The molecule has 7 nitrogen and oxygen atoms in total. The minimum atomic E-state index is 0.0740. The molecule has 1 aliphatic rings. The van der Waals surface area contributed by atoms with Crippen molar-refractivity contribution in [2.45, 2.75) is 13.5 Å². The van der Waals surface area contributed by atoms with Crippen molar-refractivity contribution >= 4 is 17.4 Å². The third kappa shape index (κ3) is 4.09. The molecule has 2 aromatic heterocycles. The molecule has 7 heteroatoms. The molecule has 0 unspecified atom stereocenters. The van der Waals surface area contributed by atoms with Gasteiger partial charge >= 0.3 is 0 Å². The lowest BCUT2D eigenvalue weighted by Crippen LogP contribution is -2.49.